The number of benzene rings is 1. The van der Waals surface area contributed by atoms with Crippen LogP contribution in [0.3, 0.4) is 0 Å². The molecule has 0 heterocycles. The predicted molar refractivity (Wildman–Crippen MR) is 89.9 cm³/mol. The monoisotopic (exact) mass is 346 g/mol. The highest BCUT2D eigenvalue weighted by Gasteiger charge is 2.09. The van der Waals surface area contributed by atoms with E-state index in [1.807, 2.05) is 0 Å². The molecule has 0 aromatic heterocycles. The van der Waals surface area contributed by atoms with Gasteiger partial charge in [-0.25, -0.2) is 13.2 Å². The standard InChI is InChI=1S/C15H23ClN2O3S/c1-2-3-4-5-6-7-12-17-15(19)18-13-8-10-14(11-9-13)22(16,20)21/h8-11H,2-7,12H2,1H3,(H2,17,18,19). The molecule has 22 heavy (non-hydrogen) atoms. The van der Waals surface area contributed by atoms with Crippen molar-refractivity contribution in [2.24, 2.45) is 0 Å². The first-order valence-corrected chi connectivity index (χ1v) is 9.84. The number of hydrogen-bond donors (Lipinski definition) is 2. The second-order valence-electron chi connectivity index (χ2n) is 5.11. The fourth-order valence-electron chi connectivity index (χ4n) is 1.98. The van der Waals surface area contributed by atoms with Crippen LogP contribution >= 0.6 is 10.7 Å². The number of urea groups is 1. The molecule has 2 N–H and O–H groups in total. The van der Waals surface area contributed by atoms with Crippen molar-refractivity contribution >= 4 is 31.5 Å². The van der Waals surface area contributed by atoms with Gasteiger partial charge in [-0.05, 0) is 30.7 Å². The van der Waals surface area contributed by atoms with Gasteiger partial charge in [-0.2, -0.15) is 0 Å². The van der Waals surface area contributed by atoms with Crippen LogP contribution in [-0.2, 0) is 9.05 Å². The lowest BCUT2D eigenvalue weighted by molar-refractivity contribution is 0.252. The fourth-order valence-corrected chi connectivity index (χ4v) is 2.75. The van der Waals surface area contributed by atoms with Crippen molar-refractivity contribution in [1.29, 1.82) is 0 Å². The molecule has 1 rings (SSSR count). The topological polar surface area (TPSA) is 75.3 Å². The third-order valence-electron chi connectivity index (χ3n) is 3.21. The molecule has 7 heteroatoms. The first-order valence-electron chi connectivity index (χ1n) is 7.53. The molecule has 2 amide bonds. The van der Waals surface area contributed by atoms with Crippen molar-refractivity contribution in [2.45, 2.75) is 50.3 Å². The van der Waals surface area contributed by atoms with Gasteiger partial charge < -0.3 is 10.6 Å². The third-order valence-corrected chi connectivity index (χ3v) is 4.58. The van der Waals surface area contributed by atoms with E-state index in [4.69, 9.17) is 10.7 Å². The lowest BCUT2D eigenvalue weighted by Gasteiger charge is -2.08. The molecular formula is C15H23ClN2O3S. The van der Waals surface area contributed by atoms with Gasteiger partial charge in [0.05, 0.1) is 4.90 Å². The van der Waals surface area contributed by atoms with Crippen molar-refractivity contribution in [3.63, 3.8) is 0 Å². The molecule has 124 valence electrons. The van der Waals surface area contributed by atoms with Crippen LogP contribution in [0.15, 0.2) is 29.2 Å². The summed E-state index contributed by atoms with van der Waals surface area (Å²) in [5, 5.41) is 5.42. The van der Waals surface area contributed by atoms with Gasteiger partial charge in [0.1, 0.15) is 0 Å². The number of carbonyl (C=O) groups excluding carboxylic acids is 1. The second kappa shape index (κ2) is 9.69. The van der Waals surface area contributed by atoms with Gasteiger partial charge in [0.15, 0.2) is 0 Å². The molecule has 0 aliphatic heterocycles. The molecule has 0 radical (unpaired) electrons. The lowest BCUT2D eigenvalue weighted by atomic mass is 10.1. The summed E-state index contributed by atoms with van der Waals surface area (Å²) in [5.74, 6) is 0. The molecular weight excluding hydrogens is 324 g/mol. The molecule has 0 unspecified atom stereocenters. The molecule has 0 aliphatic rings. The summed E-state index contributed by atoms with van der Waals surface area (Å²) in [5.41, 5.74) is 0.518. The van der Waals surface area contributed by atoms with Crippen LogP contribution in [0, 0.1) is 0 Å². The zero-order valence-electron chi connectivity index (χ0n) is 12.8. The van der Waals surface area contributed by atoms with Crippen molar-refractivity contribution in [3.8, 4) is 0 Å². The first kappa shape index (κ1) is 18.8. The van der Waals surface area contributed by atoms with E-state index in [-0.39, 0.29) is 10.9 Å². The number of nitrogens with one attached hydrogen (secondary N) is 2. The van der Waals surface area contributed by atoms with E-state index in [2.05, 4.69) is 17.6 Å². The Morgan fingerprint density at radius 1 is 1.05 bits per heavy atom. The maximum atomic E-state index is 11.7. The summed E-state index contributed by atoms with van der Waals surface area (Å²) in [6, 6.07) is 5.41. The average molecular weight is 347 g/mol. The van der Waals surface area contributed by atoms with E-state index >= 15 is 0 Å². The van der Waals surface area contributed by atoms with E-state index in [1.54, 1.807) is 0 Å². The summed E-state index contributed by atoms with van der Waals surface area (Å²) >= 11 is 0. The number of amides is 2. The van der Waals surface area contributed by atoms with Crippen molar-refractivity contribution in [1.82, 2.24) is 5.32 Å². The zero-order chi connectivity index (χ0) is 16.4. The molecule has 1 aromatic rings. The van der Waals surface area contributed by atoms with Gasteiger partial charge >= 0.3 is 6.03 Å². The highest BCUT2D eigenvalue weighted by molar-refractivity contribution is 8.13. The number of anilines is 1. The van der Waals surface area contributed by atoms with E-state index in [0.29, 0.717) is 12.2 Å². The minimum Gasteiger partial charge on any atom is -0.338 e. The maximum absolute atomic E-state index is 11.7. The van der Waals surface area contributed by atoms with Gasteiger partial charge in [0.2, 0.25) is 0 Å². The van der Waals surface area contributed by atoms with Gasteiger partial charge in [-0.1, -0.05) is 39.0 Å². The van der Waals surface area contributed by atoms with E-state index < -0.39 is 9.05 Å². The number of rotatable bonds is 9. The van der Waals surface area contributed by atoms with Gasteiger partial charge in [-0.3, -0.25) is 0 Å². The molecule has 0 saturated heterocycles. The van der Waals surface area contributed by atoms with E-state index in [1.165, 1.54) is 49.9 Å². The molecule has 0 spiro atoms. The number of hydrogen-bond acceptors (Lipinski definition) is 3. The van der Waals surface area contributed by atoms with Crippen LogP contribution in [0.2, 0.25) is 0 Å². The maximum Gasteiger partial charge on any atom is 0.319 e. The van der Waals surface area contributed by atoms with E-state index in [0.717, 1.165) is 12.8 Å². The van der Waals surface area contributed by atoms with Crippen LogP contribution < -0.4 is 10.6 Å². The molecule has 0 bridgehead atoms. The molecule has 0 fully saturated rings. The molecule has 0 aliphatic carbocycles. The van der Waals surface area contributed by atoms with Gasteiger partial charge in [-0.15, -0.1) is 0 Å². The van der Waals surface area contributed by atoms with Crippen molar-refractivity contribution in [3.05, 3.63) is 24.3 Å². The van der Waals surface area contributed by atoms with Crippen LogP contribution in [0.4, 0.5) is 10.5 Å². The smallest absolute Gasteiger partial charge is 0.319 e. The van der Waals surface area contributed by atoms with Crippen molar-refractivity contribution < 1.29 is 13.2 Å². The average Bonchev–Trinajstić information content (AvgIpc) is 2.46. The minimum atomic E-state index is -3.73. The first-order chi connectivity index (χ1) is 10.4. The van der Waals surface area contributed by atoms with Crippen molar-refractivity contribution in [2.75, 3.05) is 11.9 Å². The van der Waals surface area contributed by atoms with Crippen LogP contribution in [0.5, 0.6) is 0 Å². The summed E-state index contributed by atoms with van der Waals surface area (Å²) in [6.45, 7) is 2.81. The third kappa shape index (κ3) is 7.66. The SMILES string of the molecule is CCCCCCCCNC(=O)Nc1ccc(S(=O)(=O)Cl)cc1. The normalized spacial score (nSPS) is 11.2. The van der Waals surface area contributed by atoms with E-state index in [9.17, 15) is 13.2 Å². The Morgan fingerprint density at radius 2 is 1.64 bits per heavy atom. The van der Waals surface area contributed by atoms with Crippen LogP contribution in [0.1, 0.15) is 45.4 Å². The largest absolute Gasteiger partial charge is 0.338 e. The Morgan fingerprint density at radius 3 is 2.23 bits per heavy atom. The lowest BCUT2D eigenvalue weighted by Crippen LogP contribution is -2.29. The Kier molecular flexibility index (Phi) is 8.27. The quantitative estimate of drug-likeness (QED) is 0.522. The number of unbranched alkanes of at least 4 members (excludes halogenated alkanes) is 5. The Balaban J connectivity index is 2.25. The van der Waals surface area contributed by atoms with Gasteiger partial charge in [0.25, 0.3) is 9.05 Å². The zero-order valence-corrected chi connectivity index (χ0v) is 14.3. The highest BCUT2D eigenvalue weighted by Crippen LogP contribution is 2.17. The number of carbonyl (C=O) groups is 1. The fraction of sp³-hybridized carbons (Fsp3) is 0.533. The summed E-state index contributed by atoms with van der Waals surface area (Å²) < 4.78 is 22.2. The Hall–Kier alpha value is -1.27. The predicted octanol–water partition coefficient (Wildman–Crippen LogP) is 4.10. The van der Waals surface area contributed by atoms with Gasteiger partial charge in [0, 0.05) is 22.9 Å². The minimum absolute atomic E-state index is 0.00667. The second-order valence-corrected chi connectivity index (χ2v) is 7.68. The Bertz CT molecular complexity index is 559. The molecule has 5 nitrogen and oxygen atoms in total. The Labute approximate surface area is 136 Å². The number of halogens is 1. The van der Waals surface area contributed by atoms with Crippen LogP contribution in [0.25, 0.3) is 0 Å². The summed E-state index contributed by atoms with van der Waals surface area (Å²) in [7, 11) is 1.49. The molecule has 1 aromatic carbocycles. The van der Waals surface area contributed by atoms with Crippen LogP contribution in [-0.4, -0.2) is 21.0 Å². The highest BCUT2D eigenvalue weighted by atomic mass is 35.7. The molecule has 0 saturated carbocycles. The summed E-state index contributed by atoms with van der Waals surface area (Å²) in [4.78, 5) is 11.7. The summed E-state index contributed by atoms with van der Waals surface area (Å²) in [6.07, 6.45) is 7.01. The molecule has 0 atom stereocenters.